The van der Waals surface area contributed by atoms with Crippen LogP contribution >= 0.6 is 0 Å². The smallest absolute Gasteiger partial charge is 0.246 e. The maximum absolute atomic E-state index is 13.0. The topological polar surface area (TPSA) is 105 Å². The molecule has 1 aromatic heterocycles. The molecule has 150 valence electrons. The minimum absolute atomic E-state index is 0.318. The molecular formula is C17H27N5O4S. The summed E-state index contributed by atoms with van der Waals surface area (Å²) in [4.78, 5) is 26.9. The molecule has 3 rings (SSSR count). The van der Waals surface area contributed by atoms with Crippen molar-refractivity contribution in [2.75, 3.05) is 30.8 Å². The lowest BCUT2D eigenvalue weighted by molar-refractivity contribution is -0.126. The molecule has 0 bridgehead atoms. The Hall–Kier alpha value is -1.94. The highest BCUT2D eigenvalue weighted by Crippen LogP contribution is 2.26. The van der Waals surface area contributed by atoms with Crippen LogP contribution in [0, 0.1) is 5.92 Å². The van der Waals surface area contributed by atoms with Gasteiger partial charge in [-0.3, -0.25) is 19.2 Å². The number of rotatable bonds is 7. The number of nitrogens with zero attached hydrogens (tertiary/aromatic N) is 4. The van der Waals surface area contributed by atoms with E-state index in [0.717, 1.165) is 23.4 Å². The van der Waals surface area contributed by atoms with Gasteiger partial charge in [0.2, 0.25) is 21.8 Å². The van der Waals surface area contributed by atoms with Gasteiger partial charge in [-0.25, -0.2) is 8.42 Å². The van der Waals surface area contributed by atoms with Crippen molar-refractivity contribution < 1.29 is 18.0 Å². The van der Waals surface area contributed by atoms with Crippen LogP contribution < -0.4 is 10.2 Å². The molecule has 0 radical (unpaired) electrons. The molecule has 0 spiro atoms. The molecule has 2 aliphatic rings. The molecule has 9 nitrogen and oxygen atoms in total. The van der Waals surface area contributed by atoms with Gasteiger partial charge in [-0.1, -0.05) is 6.42 Å². The van der Waals surface area contributed by atoms with Crippen LogP contribution in [0.1, 0.15) is 32.1 Å². The van der Waals surface area contributed by atoms with Crippen LogP contribution in [-0.2, 0) is 26.7 Å². The molecule has 2 amide bonds. The monoisotopic (exact) mass is 397 g/mol. The fourth-order valence-electron chi connectivity index (χ4n) is 3.59. The van der Waals surface area contributed by atoms with Gasteiger partial charge in [0, 0.05) is 26.2 Å². The van der Waals surface area contributed by atoms with E-state index in [0.29, 0.717) is 37.7 Å². The Morgan fingerprint density at radius 2 is 2.07 bits per heavy atom. The Bertz CT molecular complexity index is 802. The molecular weight excluding hydrogens is 370 g/mol. The minimum Gasteiger partial charge on any atom is -0.355 e. The second kappa shape index (κ2) is 7.97. The lowest BCUT2D eigenvalue weighted by Crippen LogP contribution is -2.56. The molecule has 1 N–H and O–H groups in total. The maximum atomic E-state index is 13.0. The zero-order valence-electron chi connectivity index (χ0n) is 15.8. The molecule has 2 heterocycles. The van der Waals surface area contributed by atoms with Gasteiger partial charge in [-0.15, -0.1) is 0 Å². The third kappa shape index (κ3) is 4.49. The third-order valence-electron chi connectivity index (χ3n) is 5.37. The normalized spacial score (nSPS) is 21.4. The van der Waals surface area contributed by atoms with Crippen LogP contribution in [0.4, 0.5) is 5.82 Å². The van der Waals surface area contributed by atoms with Crippen LogP contribution in [0.25, 0.3) is 0 Å². The number of hydrogen-bond acceptors (Lipinski definition) is 5. The van der Waals surface area contributed by atoms with Crippen LogP contribution in [-0.4, -0.2) is 66.2 Å². The summed E-state index contributed by atoms with van der Waals surface area (Å²) in [7, 11) is -1.99. The van der Waals surface area contributed by atoms with E-state index in [1.54, 1.807) is 28.9 Å². The molecule has 1 aliphatic carbocycles. The second-order valence-electron chi connectivity index (χ2n) is 7.37. The molecule has 0 unspecified atom stereocenters. The van der Waals surface area contributed by atoms with Gasteiger partial charge in [0.15, 0.2) is 0 Å². The Kier molecular flexibility index (Phi) is 5.85. The van der Waals surface area contributed by atoms with Crippen LogP contribution in [0.3, 0.4) is 0 Å². The molecule has 1 saturated carbocycles. The van der Waals surface area contributed by atoms with Crippen LogP contribution in [0.5, 0.6) is 0 Å². The first-order chi connectivity index (χ1) is 12.8. The van der Waals surface area contributed by atoms with Crippen molar-refractivity contribution in [1.29, 1.82) is 0 Å². The van der Waals surface area contributed by atoms with Crippen molar-refractivity contribution in [2.45, 2.75) is 38.1 Å². The van der Waals surface area contributed by atoms with Crippen molar-refractivity contribution in [3.8, 4) is 0 Å². The molecule has 1 aliphatic heterocycles. The fourth-order valence-corrected chi connectivity index (χ4v) is 4.60. The highest BCUT2D eigenvalue weighted by Gasteiger charge is 2.39. The van der Waals surface area contributed by atoms with Crippen LogP contribution in [0.15, 0.2) is 12.3 Å². The highest BCUT2D eigenvalue weighted by atomic mass is 32.2. The Morgan fingerprint density at radius 1 is 1.33 bits per heavy atom. The molecule has 10 heteroatoms. The average Bonchev–Trinajstić information content (AvgIpc) is 2.97. The van der Waals surface area contributed by atoms with Crippen molar-refractivity contribution in [2.24, 2.45) is 13.0 Å². The molecule has 27 heavy (non-hydrogen) atoms. The SMILES string of the molecule is Cn1nccc1N1CCC[C@@H](N(CC(=O)NCC2CCC2)S(C)(=O)=O)C1=O. The van der Waals surface area contributed by atoms with Crippen LogP contribution in [0.2, 0.25) is 0 Å². The lowest BCUT2D eigenvalue weighted by Gasteiger charge is -2.36. The summed E-state index contributed by atoms with van der Waals surface area (Å²) in [5.74, 6) is 0.421. The second-order valence-corrected chi connectivity index (χ2v) is 9.31. The Balaban J connectivity index is 1.72. The number of piperidine rings is 1. The molecule has 1 aromatic rings. The van der Waals surface area contributed by atoms with Crippen molar-refractivity contribution in [3.05, 3.63) is 12.3 Å². The predicted molar refractivity (Wildman–Crippen MR) is 100 cm³/mol. The van der Waals surface area contributed by atoms with Crippen molar-refractivity contribution in [3.63, 3.8) is 0 Å². The molecule has 1 atom stereocenters. The van der Waals surface area contributed by atoms with Gasteiger partial charge in [-0.2, -0.15) is 9.40 Å². The Labute approximate surface area is 159 Å². The number of hydrogen-bond donors (Lipinski definition) is 1. The van der Waals surface area contributed by atoms with Gasteiger partial charge in [0.25, 0.3) is 0 Å². The van der Waals surface area contributed by atoms with Gasteiger partial charge in [0.1, 0.15) is 11.9 Å². The van der Waals surface area contributed by atoms with E-state index >= 15 is 0 Å². The highest BCUT2D eigenvalue weighted by molar-refractivity contribution is 7.88. The number of nitrogens with one attached hydrogen (secondary N) is 1. The number of amides is 2. The quantitative estimate of drug-likeness (QED) is 0.702. The van der Waals surface area contributed by atoms with Gasteiger partial charge in [-0.05, 0) is 31.6 Å². The average molecular weight is 398 g/mol. The summed E-state index contributed by atoms with van der Waals surface area (Å²) in [5.41, 5.74) is 0. The standard InChI is InChI=1S/C17H27N5O4S/c1-20-16(8-9-19-20)21-10-4-7-14(17(21)24)22(27(2,25)26)12-15(23)18-11-13-5-3-6-13/h8-9,13-14H,3-7,10-12H2,1-2H3,(H,18,23)/t14-/m1/s1. The van der Waals surface area contributed by atoms with E-state index in [4.69, 9.17) is 0 Å². The van der Waals surface area contributed by atoms with E-state index < -0.39 is 16.1 Å². The van der Waals surface area contributed by atoms with Gasteiger partial charge >= 0.3 is 0 Å². The van der Waals surface area contributed by atoms with E-state index in [1.807, 2.05) is 0 Å². The van der Waals surface area contributed by atoms with E-state index in [2.05, 4.69) is 10.4 Å². The molecule has 1 saturated heterocycles. The van der Waals surface area contributed by atoms with Crippen molar-refractivity contribution >= 4 is 27.7 Å². The first-order valence-corrected chi connectivity index (χ1v) is 11.1. The van der Waals surface area contributed by atoms with E-state index in [9.17, 15) is 18.0 Å². The zero-order valence-corrected chi connectivity index (χ0v) is 16.6. The first-order valence-electron chi connectivity index (χ1n) is 9.30. The first kappa shape index (κ1) is 19.8. The lowest BCUT2D eigenvalue weighted by atomic mass is 9.85. The number of carbonyl (C=O) groups excluding carboxylic acids is 2. The maximum Gasteiger partial charge on any atom is 0.246 e. The minimum atomic E-state index is -3.72. The summed E-state index contributed by atoms with van der Waals surface area (Å²) in [6.45, 7) is 0.734. The summed E-state index contributed by atoms with van der Waals surface area (Å²) < 4.78 is 27.3. The van der Waals surface area contributed by atoms with Gasteiger partial charge in [0.05, 0.1) is 19.0 Å². The predicted octanol–water partition coefficient (Wildman–Crippen LogP) is 0.0934. The van der Waals surface area contributed by atoms with E-state index in [1.165, 1.54) is 6.42 Å². The fraction of sp³-hybridized carbons (Fsp3) is 0.706. The largest absolute Gasteiger partial charge is 0.355 e. The number of carbonyl (C=O) groups is 2. The Morgan fingerprint density at radius 3 is 2.63 bits per heavy atom. The van der Waals surface area contributed by atoms with Crippen molar-refractivity contribution in [1.82, 2.24) is 19.4 Å². The summed E-state index contributed by atoms with van der Waals surface area (Å²) >= 11 is 0. The molecule has 0 aromatic carbocycles. The summed E-state index contributed by atoms with van der Waals surface area (Å²) in [5, 5.41) is 6.88. The number of aryl methyl sites for hydroxylation is 1. The summed E-state index contributed by atoms with van der Waals surface area (Å²) in [6.07, 6.45) is 7.05. The molecule has 2 fully saturated rings. The number of aromatic nitrogens is 2. The number of anilines is 1. The third-order valence-corrected chi connectivity index (χ3v) is 6.60. The zero-order chi connectivity index (χ0) is 19.6. The number of sulfonamides is 1. The van der Waals surface area contributed by atoms with E-state index in [-0.39, 0.29) is 18.4 Å². The van der Waals surface area contributed by atoms with Gasteiger partial charge < -0.3 is 5.32 Å². The summed E-state index contributed by atoms with van der Waals surface area (Å²) in [6, 6.07) is 0.842.